The molecule has 3 aromatic rings. The number of hydrogen-bond acceptors (Lipinski definition) is 7. The van der Waals surface area contributed by atoms with Gasteiger partial charge in [0.2, 0.25) is 0 Å². The second kappa shape index (κ2) is 9.79. The van der Waals surface area contributed by atoms with E-state index in [0.29, 0.717) is 23.1 Å². The molecule has 0 saturated carbocycles. The van der Waals surface area contributed by atoms with Crippen LogP contribution in [0.25, 0.3) is 0 Å². The lowest BCUT2D eigenvalue weighted by molar-refractivity contribution is -0.388. The third-order valence-electron chi connectivity index (χ3n) is 4.20. The van der Waals surface area contributed by atoms with Crippen LogP contribution in [-0.2, 0) is 12.3 Å². The average Bonchev–Trinajstić information content (AvgIpc) is 2.76. The van der Waals surface area contributed by atoms with Crippen molar-refractivity contribution in [3.8, 4) is 11.5 Å². The SMILES string of the molecule is COc1ccc(CNc2ccc([N+](=O)[O-])c(SCc3ccc(OC)cc3)n2)cc1. The Bertz CT molecular complexity index is 963. The third-order valence-corrected chi connectivity index (χ3v) is 5.26. The summed E-state index contributed by atoms with van der Waals surface area (Å²) < 4.78 is 10.3. The van der Waals surface area contributed by atoms with E-state index in [1.54, 1.807) is 20.3 Å². The lowest BCUT2D eigenvalue weighted by Gasteiger charge is -2.09. The molecule has 0 fully saturated rings. The molecule has 0 aliphatic carbocycles. The van der Waals surface area contributed by atoms with Gasteiger partial charge in [0.15, 0.2) is 5.03 Å². The van der Waals surface area contributed by atoms with Crippen LogP contribution in [0.15, 0.2) is 65.7 Å². The summed E-state index contributed by atoms with van der Waals surface area (Å²) >= 11 is 1.33. The number of methoxy groups -OCH3 is 2. The largest absolute Gasteiger partial charge is 0.497 e. The summed E-state index contributed by atoms with van der Waals surface area (Å²) in [4.78, 5) is 15.4. The Hall–Kier alpha value is -3.26. The molecule has 0 saturated heterocycles. The fraction of sp³-hybridized carbons (Fsp3) is 0.190. The molecular formula is C21H21N3O4S. The first-order chi connectivity index (χ1) is 14.1. The molecule has 0 spiro atoms. The number of aromatic nitrogens is 1. The van der Waals surface area contributed by atoms with Crippen molar-refractivity contribution >= 4 is 23.3 Å². The minimum atomic E-state index is -0.406. The van der Waals surface area contributed by atoms with E-state index in [0.717, 1.165) is 22.6 Å². The summed E-state index contributed by atoms with van der Waals surface area (Å²) in [6, 6.07) is 18.4. The summed E-state index contributed by atoms with van der Waals surface area (Å²) in [5.41, 5.74) is 2.08. The molecule has 1 heterocycles. The lowest BCUT2D eigenvalue weighted by atomic mass is 10.2. The first-order valence-corrected chi connectivity index (χ1v) is 9.85. The van der Waals surface area contributed by atoms with Crippen LogP contribution >= 0.6 is 11.8 Å². The summed E-state index contributed by atoms with van der Waals surface area (Å²) in [6.07, 6.45) is 0. The molecule has 1 aromatic heterocycles. The second-order valence-corrected chi connectivity index (χ2v) is 7.08. The highest BCUT2D eigenvalue weighted by Gasteiger charge is 2.17. The molecule has 0 amide bonds. The van der Waals surface area contributed by atoms with Crippen molar-refractivity contribution in [2.45, 2.75) is 17.3 Å². The maximum absolute atomic E-state index is 11.4. The van der Waals surface area contributed by atoms with Crippen LogP contribution in [0.3, 0.4) is 0 Å². The molecule has 29 heavy (non-hydrogen) atoms. The van der Waals surface area contributed by atoms with Gasteiger partial charge in [-0.15, -0.1) is 0 Å². The van der Waals surface area contributed by atoms with E-state index in [-0.39, 0.29) is 5.69 Å². The molecule has 0 atom stereocenters. The molecule has 150 valence electrons. The zero-order valence-electron chi connectivity index (χ0n) is 16.1. The number of thioether (sulfide) groups is 1. The van der Waals surface area contributed by atoms with Gasteiger partial charge in [-0.25, -0.2) is 4.98 Å². The Labute approximate surface area is 173 Å². The van der Waals surface area contributed by atoms with E-state index < -0.39 is 4.92 Å². The highest BCUT2D eigenvalue weighted by molar-refractivity contribution is 7.98. The van der Waals surface area contributed by atoms with Crippen molar-refractivity contribution in [3.63, 3.8) is 0 Å². The van der Waals surface area contributed by atoms with Gasteiger partial charge in [-0.05, 0) is 41.5 Å². The maximum atomic E-state index is 11.4. The van der Waals surface area contributed by atoms with Gasteiger partial charge in [-0.1, -0.05) is 36.0 Å². The quantitative estimate of drug-likeness (QED) is 0.304. The fourth-order valence-electron chi connectivity index (χ4n) is 2.59. The molecule has 7 nitrogen and oxygen atoms in total. The third kappa shape index (κ3) is 5.61. The molecule has 0 aliphatic rings. The number of nitrogens with one attached hydrogen (secondary N) is 1. The molecule has 0 radical (unpaired) electrons. The normalized spacial score (nSPS) is 10.4. The van der Waals surface area contributed by atoms with Crippen molar-refractivity contribution in [1.82, 2.24) is 4.98 Å². The number of benzene rings is 2. The summed E-state index contributed by atoms with van der Waals surface area (Å²) in [5, 5.41) is 15.0. The summed E-state index contributed by atoms with van der Waals surface area (Å²) in [7, 11) is 3.24. The Balaban J connectivity index is 1.69. The number of ether oxygens (including phenoxy) is 2. The van der Waals surface area contributed by atoms with Crippen LogP contribution in [0.2, 0.25) is 0 Å². The van der Waals surface area contributed by atoms with E-state index >= 15 is 0 Å². The Morgan fingerprint density at radius 1 is 0.931 bits per heavy atom. The van der Waals surface area contributed by atoms with Gasteiger partial charge in [0.25, 0.3) is 0 Å². The van der Waals surface area contributed by atoms with E-state index in [9.17, 15) is 10.1 Å². The zero-order chi connectivity index (χ0) is 20.6. The van der Waals surface area contributed by atoms with E-state index in [1.165, 1.54) is 17.8 Å². The molecule has 0 aliphatic heterocycles. The molecular weight excluding hydrogens is 390 g/mol. The van der Waals surface area contributed by atoms with Crippen molar-refractivity contribution in [2.24, 2.45) is 0 Å². The van der Waals surface area contributed by atoms with Gasteiger partial charge in [0.05, 0.1) is 19.1 Å². The molecule has 3 rings (SSSR count). The minimum Gasteiger partial charge on any atom is -0.497 e. The average molecular weight is 411 g/mol. The summed E-state index contributed by atoms with van der Waals surface area (Å²) in [5.74, 6) is 2.72. The number of anilines is 1. The lowest BCUT2D eigenvalue weighted by Crippen LogP contribution is -2.03. The predicted molar refractivity (Wildman–Crippen MR) is 114 cm³/mol. The topological polar surface area (TPSA) is 86.5 Å². The van der Waals surface area contributed by atoms with Crippen LogP contribution in [0.1, 0.15) is 11.1 Å². The van der Waals surface area contributed by atoms with Gasteiger partial charge < -0.3 is 14.8 Å². The highest BCUT2D eigenvalue weighted by atomic mass is 32.2. The zero-order valence-corrected chi connectivity index (χ0v) is 16.9. The molecule has 1 N–H and O–H groups in total. The van der Waals surface area contributed by atoms with Crippen molar-refractivity contribution in [3.05, 3.63) is 81.9 Å². The van der Waals surface area contributed by atoms with Gasteiger partial charge in [0.1, 0.15) is 17.3 Å². The van der Waals surface area contributed by atoms with Gasteiger partial charge in [-0.2, -0.15) is 0 Å². The standard InChI is InChI=1S/C21H21N3O4S/c1-27-17-7-3-15(4-8-17)13-22-20-12-11-19(24(25)26)21(23-20)29-14-16-5-9-18(28-2)10-6-16/h3-12H,13-14H2,1-2H3,(H,22,23). The number of rotatable bonds is 9. The first-order valence-electron chi connectivity index (χ1n) is 8.87. The van der Waals surface area contributed by atoms with Crippen LogP contribution in [0.5, 0.6) is 11.5 Å². The van der Waals surface area contributed by atoms with E-state index in [1.807, 2.05) is 48.5 Å². The second-order valence-electron chi connectivity index (χ2n) is 6.12. The van der Waals surface area contributed by atoms with Crippen molar-refractivity contribution in [2.75, 3.05) is 19.5 Å². The number of pyridine rings is 1. The fourth-order valence-corrected chi connectivity index (χ4v) is 3.54. The van der Waals surface area contributed by atoms with Gasteiger partial charge in [0, 0.05) is 18.4 Å². The van der Waals surface area contributed by atoms with Crippen LogP contribution in [0.4, 0.5) is 11.5 Å². The highest BCUT2D eigenvalue weighted by Crippen LogP contribution is 2.31. The summed E-state index contributed by atoms with van der Waals surface area (Å²) in [6.45, 7) is 0.553. The number of nitrogens with zero attached hydrogens (tertiary/aromatic N) is 2. The van der Waals surface area contributed by atoms with E-state index in [2.05, 4.69) is 10.3 Å². The molecule has 0 bridgehead atoms. The Morgan fingerprint density at radius 3 is 2.07 bits per heavy atom. The molecule has 8 heteroatoms. The Morgan fingerprint density at radius 2 is 1.52 bits per heavy atom. The van der Waals surface area contributed by atoms with E-state index in [4.69, 9.17) is 9.47 Å². The van der Waals surface area contributed by atoms with Gasteiger partial charge in [-0.3, -0.25) is 10.1 Å². The van der Waals surface area contributed by atoms with Crippen LogP contribution in [-0.4, -0.2) is 24.1 Å². The first kappa shape index (κ1) is 20.5. The van der Waals surface area contributed by atoms with Gasteiger partial charge >= 0.3 is 5.69 Å². The molecule has 2 aromatic carbocycles. The Kier molecular flexibility index (Phi) is 6.91. The molecule has 0 unspecified atom stereocenters. The predicted octanol–water partition coefficient (Wildman–Crippen LogP) is 4.91. The van der Waals surface area contributed by atoms with Crippen molar-refractivity contribution < 1.29 is 14.4 Å². The van der Waals surface area contributed by atoms with Crippen LogP contribution in [0, 0.1) is 10.1 Å². The monoisotopic (exact) mass is 411 g/mol. The number of hydrogen-bond donors (Lipinski definition) is 1. The maximum Gasteiger partial charge on any atom is 0.301 e. The minimum absolute atomic E-state index is 0.00138. The smallest absolute Gasteiger partial charge is 0.301 e. The van der Waals surface area contributed by atoms with Crippen molar-refractivity contribution in [1.29, 1.82) is 0 Å². The number of nitro groups is 1. The van der Waals surface area contributed by atoms with Crippen LogP contribution < -0.4 is 14.8 Å².